The molecular formula is C16H18F2N4OS. The summed E-state index contributed by atoms with van der Waals surface area (Å²) in [4.78, 5) is 19.3. The smallest absolute Gasteiger partial charge is 0.233 e. The molecule has 0 spiro atoms. The number of rotatable bonds is 4. The Kier molecular flexibility index (Phi) is 5.15. The van der Waals surface area contributed by atoms with Crippen LogP contribution in [0.4, 0.5) is 8.78 Å². The monoisotopic (exact) mass is 352 g/mol. The van der Waals surface area contributed by atoms with Gasteiger partial charge in [0.15, 0.2) is 11.6 Å². The second-order valence-corrected chi connectivity index (χ2v) is 6.62. The molecule has 5 nitrogen and oxygen atoms in total. The summed E-state index contributed by atoms with van der Waals surface area (Å²) >= 11 is 1.20. The number of aromatic nitrogens is 2. The van der Waals surface area contributed by atoms with Crippen LogP contribution in [0.3, 0.4) is 0 Å². The molecule has 24 heavy (non-hydrogen) atoms. The lowest BCUT2D eigenvalue weighted by Crippen LogP contribution is -2.50. The first-order valence-electron chi connectivity index (χ1n) is 7.61. The highest BCUT2D eigenvalue weighted by atomic mass is 32.2. The zero-order chi connectivity index (χ0) is 17.1. The number of nitrogens with zero attached hydrogens (tertiary/aromatic N) is 3. The quantitative estimate of drug-likeness (QED) is 0.855. The lowest BCUT2D eigenvalue weighted by molar-refractivity contribution is -0.131. The molecule has 1 aliphatic heterocycles. The third-order valence-electron chi connectivity index (χ3n) is 3.97. The van der Waals surface area contributed by atoms with Crippen molar-refractivity contribution in [3.8, 4) is 0 Å². The van der Waals surface area contributed by atoms with Gasteiger partial charge in [0.2, 0.25) is 5.91 Å². The van der Waals surface area contributed by atoms with Crippen molar-refractivity contribution in [3.05, 3.63) is 48.1 Å². The predicted octanol–water partition coefficient (Wildman–Crippen LogP) is 1.96. The van der Waals surface area contributed by atoms with Crippen LogP contribution in [0.5, 0.6) is 0 Å². The maximum absolute atomic E-state index is 13.2. The fourth-order valence-corrected chi connectivity index (χ4v) is 3.53. The van der Waals surface area contributed by atoms with E-state index in [1.165, 1.54) is 17.8 Å². The maximum atomic E-state index is 13.2. The average molecular weight is 352 g/mol. The van der Waals surface area contributed by atoms with E-state index in [1.807, 2.05) is 17.8 Å². The van der Waals surface area contributed by atoms with E-state index in [0.717, 1.165) is 24.5 Å². The molecule has 0 saturated carbocycles. The number of hydrogen-bond donors (Lipinski definition) is 1. The third kappa shape index (κ3) is 3.59. The summed E-state index contributed by atoms with van der Waals surface area (Å²) in [5.74, 6) is -0.831. The van der Waals surface area contributed by atoms with Gasteiger partial charge >= 0.3 is 0 Å². The van der Waals surface area contributed by atoms with Crippen molar-refractivity contribution in [2.45, 2.75) is 10.9 Å². The van der Waals surface area contributed by atoms with Crippen LogP contribution in [-0.2, 0) is 11.8 Å². The van der Waals surface area contributed by atoms with Crippen LogP contribution < -0.4 is 5.32 Å². The molecule has 2 aromatic rings. The summed E-state index contributed by atoms with van der Waals surface area (Å²) < 4.78 is 28.1. The first-order valence-corrected chi connectivity index (χ1v) is 8.60. The molecule has 3 rings (SSSR count). The fourth-order valence-electron chi connectivity index (χ4n) is 2.73. The Morgan fingerprint density at radius 3 is 2.96 bits per heavy atom. The molecule has 2 heterocycles. The Bertz CT molecular complexity index is 737. The number of amides is 1. The largest absolute Gasteiger partial charge is 0.336 e. The highest BCUT2D eigenvalue weighted by Crippen LogP contribution is 2.24. The predicted molar refractivity (Wildman–Crippen MR) is 87.6 cm³/mol. The number of thioether (sulfide) groups is 1. The molecule has 8 heteroatoms. The number of halogens is 2. The number of piperazine rings is 1. The van der Waals surface area contributed by atoms with Crippen molar-refractivity contribution in [1.29, 1.82) is 0 Å². The lowest BCUT2D eigenvalue weighted by atomic mass is 10.1. The molecule has 1 aromatic carbocycles. The van der Waals surface area contributed by atoms with E-state index in [2.05, 4.69) is 10.3 Å². The van der Waals surface area contributed by atoms with Crippen molar-refractivity contribution in [3.63, 3.8) is 0 Å². The first kappa shape index (κ1) is 16.9. The molecule has 128 valence electrons. The lowest BCUT2D eigenvalue weighted by Gasteiger charge is -2.35. The number of carbonyl (C=O) groups excluding carboxylic acids is 1. The van der Waals surface area contributed by atoms with Gasteiger partial charge < -0.3 is 14.8 Å². The Balaban J connectivity index is 1.68. The van der Waals surface area contributed by atoms with Crippen LogP contribution in [-0.4, -0.2) is 45.7 Å². The zero-order valence-electron chi connectivity index (χ0n) is 13.2. The topological polar surface area (TPSA) is 50.2 Å². The van der Waals surface area contributed by atoms with Crippen molar-refractivity contribution >= 4 is 17.7 Å². The van der Waals surface area contributed by atoms with Gasteiger partial charge in [0, 0.05) is 44.0 Å². The van der Waals surface area contributed by atoms with Gasteiger partial charge in [0.25, 0.3) is 0 Å². The van der Waals surface area contributed by atoms with E-state index in [9.17, 15) is 13.6 Å². The SMILES string of the molecule is Cn1ccnc1C1CNCCN1C(=O)CSc1ccc(F)c(F)c1. The molecule has 1 aliphatic rings. The molecule has 1 amide bonds. The molecule has 0 radical (unpaired) electrons. The van der Waals surface area contributed by atoms with Crippen LogP contribution >= 0.6 is 11.8 Å². The second kappa shape index (κ2) is 7.31. The van der Waals surface area contributed by atoms with E-state index in [-0.39, 0.29) is 17.7 Å². The summed E-state index contributed by atoms with van der Waals surface area (Å²) in [6, 6.07) is 3.53. The number of carbonyl (C=O) groups is 1. The Morgan fingerprint density at radius 2 is 2.25 bits per heavy atom. The zero-order valence-corrected chi connectivity index (χ0v) is 14.0. The van der Waals surface area contributed by atoms with Crippen LogP contribution in [0, 0.1) is 11.6 Å². The average Bonchev–Trinajstić information content (AvgIpc) is 3.01. The normalized spacial score (nSPS) is 18.0. The van der Waals surface area contributed by atoms with Gasteiger partial charge in [0.05, 0.1) is 5.75 Å². The summed E-state index contributed by atoms with van der Waals surface area (Å²) in [5.41, 5.74) is 0. The van der Waals surface area contributed by atoms with Gasteiger partial charge in [-0.05, 0) is 18.2 Å². The van der Waals surface area contributed by atoms with Crippen molar-refractivity contribution in [2.24, 2.45) is 7.05 Å². The van der Waals surface area contributed by atoms with Crippen LogP contribution in [0.25, 0.3) is 0 Å². The van der Waals surface area contributed by atoms with E-state index < -0.39 is 11.6 Å². The minimum absolute atomic E-state index is 0.0424. The summed E-state index contributed by atoms with van der Waals surface area (Å²) in [6.07, 6.45) is 3.56. The van der Waals surface area contributed by atoms with Gasteiger partial charge in [-0.15, -0.1) is 11.8 Å². The Morgan fingerprint density at radius 1 is 1.42 bits per heavy atom. The van der Waals surface area contributed by atoms with Crippen LogP contribution in [0.2, 0.25) is 0 Å². The fraction of sp³-hybridized carbons (Fsp3) is 0.375. The first-order chi connectivity index (χ1) is 11.6. The van der Waals surface area contributed by atoms with E-state index >= 15 is 0 Å². The molecule has 0 aliphatic carbocycles. The van der Waals surface area contributed by atoms with Crippen LogP contribution in [0.15, 0.2) is 35.5 Å². The Labute approximate surface area is 143 Å². The number of benzene rings is 1. The number of aryl methyl sites for hydroxylation is 1. The maximum Gasteiger partial charge on any atom is 0.233 e. The molecule has 1 aromatic heterocycles. The molecule has 1 atom stereocenters. The number of imidazole rings is 1. The molecule has 1 saturated heterocycles. The minimum atomic E-state index is -0.902. The van der Waals surface area contributed by atoms with Gasteiger partial charge in [-0.2, -0.15) is 0 Å². The van der Waals surface area contributed by atoms with Gasteiger partial charge in [-0.25, -0.2) is 13.8 Å². The second-order valence-electron chi connectivity index (χ2n) is 5.57. The molecule has 1 fully saturated rings. The van der Waals surface area contributed by atoms with Crippen molar-refractivity contribution in [2.75, 3.05) is 25.4 Å². The molecule has 1 unspecified atom stereocenters. The number of nitrogens with one attached hydrogen (secondary N) is 1. The van der Waals surface area contributed by atoms with Gasteiger partial charge in [-0.1, -0.05) is 0 Å². The molecule has 0 bridgehead atoms. The molecular weight excluding hydrogens is 334 g/mol. The van der Waals surface area contributed by atoms with E-state index in [4.69, 9.17) is 0 Å². The highest BCUT2D eigenvalue weighted by Gasteiger charge is 2.30. The minimum Gasteiger partial charge on any atom is -0.336 e. The molecule has 1 N–H and O–H groups in total. The van der Waals surface area contributed by atoms with E-state index in [0.29, 0.717) is 18.0 Å². The Hall–Kier alpha value is -1.93. The summed E-state index contributed by atoms with van der Waals surface area (Å²) in [5, 5.41) is 3.28. The third-order valence-corrected chi connectivity index (χ3v) is 4.95. The van der Waals surface area contributed by atoms with E-state index in [1.54, 1.807) is 11.1 Å². The van der Waals surface area contributed by atoms with Crippen molar-refractivity contribution in [1.82, 2.24) is 19.8 Å². The standard InChI is InChI=1S/C16H18F2N4OS/c1-21-6-5-20-16(21)14-9-19-4-7-22(14)15(23)10-24-11-2-3-12(17)13(18)8-11/h2-3,5-6,8,14,19H,4,7,9-10H2,1H3. The van der Waals surface area contributed by atoms with Crippen molar-refractivity contribution < 1.29 is 13.6 Å². The summed E-state index contributed by atoms with van der Waals surface area (Å²) in [6.45, 7) is 1.96. The summed E-state index contributed by atoms with van der Waals surface area (Å²) in [7, 11) is 1.90. The van der Waals surface area contributed by atoms with Crippen LogP contribution in [0.1, 0.15) is 11.9 Å². The highest BCUT2D eigenvalue weighted by molar-refractivity contribution is 8.00. The number of hydrogen-bond acceptors (Lipinski definition) is 4. The van der Waals surface area contributed by atoms with Gasteiger partial charge in [-0.3, -0.25) is 4.79 Å². The van der Waals surface area contributed by atoms with Gasteiger partial charge in [0.1, 0.15) is 11.9 Å².